The van der Waals surface area contributed by atoms with Gasteiger partial charge in [0.1, 0.15) is 0 Å². The monoisotopic (exact) mass is 566 g/mol. The largest absolute Gasteiger partial charge is 0.355 e. The van der Waals surface area contributed by atoms with Gasteiger partial charge in [-0.15, -0.1) is 0 Å². The molecule has 0 unspecified atom stereocenters. The van der Waals surface area contributed by atoms with Gasteiger partial charge >= 0.3 is 0 Å². The highest BCUT2D eigenvalue weighted by Crippen LogP contribution is 2.14. The number of hydrogen-bond acceptors (Lipinski definition) is 3. The van der Waals surface area contributed by atoms with Gasteiger partial charge in [-0.05, 0) is 55.1 Å². The molecule has 1 N–H and O–H groups in total. The highest BCUT2D eigenvalue weighted by atomic mass is 127. The van der Waals surface area contributed by atoms with E-state index in [9.17, 15) is 4.79 Å². The number of halogens is 1. The van der Waals surface area contributed by atoms with Crippen LogP contribution >= 0.6 is 22.6 Å². The van der Waals surface area contributed by atoms with Gasteiger partial charge in [0.15, 0.2) is 0 Å². The van der Waals surface area contributed by atoms with Gasteiger partial charge in [-0.2, -0.15) is 5.10 Å². The number of likely N-dealkylation sites (N-methyl/N-ethyl adjacent to an activating group) is 1. The summed E-state index contributed by atoms with van der Waals surface area (Å²) in [5.74, 6) is 0.130. The summed E-state index contributed by atoms with van der Waals surface area (Å²) in [5.41, 5.74) is 3.79. The normalized spacial score (nSPS) is 9.73. The molecule has 0 radical (unpaired) electrons. The Kier molecular flexibility index (Phi) is 18.4. The lowest BCUT2D eigenvalue weighted by atomic mass is 10.1. The minimum absolute atomic E-state index is 0.130. The Morgan fingerprint density at radius 1 is 1.03 bits per heavy atom. The molecule has 3 aromatic rings. The van der Waals surface area contributed by atoms with Crippen molar-refractivity contribution in [3.05, 3.63) is 65.9 Å². The van der Waals surface area contributed by atoms with Crippen LogP contribution in [0.2, 0.25) is 0 Å². The van der Waals surface area contributed by atoms with E-state index in [1.165, 1.54) is 28.5 Å². The molecule has 184 valence electrons. The van der Waals surface area contributed by atoms with Crippen LogP contribution in [0.25, 0.3) is 10.9 Å². The summed E-state index contributed by atoms with van der Waals surface area (Å²) in [6.45, 7) is 8.02. The fourth-order valence-electron chi connectivity index (χ4n) is 2.84. The van der Waals surface area contributed by atoms with Gasteiger partial charge in [0.25, 0.3) is 0 Å². The summed E-state index contributed by atoms with van der Waals surface area (Å²) in [5, 5.41) is 8.32. The van der Waals surface area contributed by atoms with Crippen molar-refractivity contribution >= 4 is 39.4 Å². The van der Waals surface area contributed by atoms with E-state index in [1.807, 2.05) is 67.3 Å². The first kappa shape index (κ1) is 31.1. The fourth-order valence-corrected chi connectivity index (χ4v) is 2.84. The van der Waals surface area contributed by atoms with Crippen LogP contribution in [0.5, 0.6) is 0 Å². The molecule has 0 saturated carbocycles. The van der Waals surface area contributed by atoms with Crippen LogP contribution in [-0.4, -0.2) is 52.7 Å². The third-order valence-corrected chi connectivity index (χ3v) is 4.58. The molecule has 1 amide bonds. The number of nitrogens with zero attached hydrogens (tertiary/aromatic N) is 3. The second kappa shape index (κ2) is 19.5. The first-order valence-corrected chi connectivity index (χ1v) is 13.8. The van der Waals surface area contributed by atoms with E-state index >= 15 is 0 Å². The third-order valence-electron chi connectivity index (χ3n) is 4.58. The van der Waals surface area contributed by atoms with Gasteiger partial charge in [0, 0.05) is 31.9 Å². The predicted molar refractivity (Wildman–Crippen MR) is 152 cm³/mol. The average Bonchev–Trinajstić information content (AvgIpc) is 3.20. The third kappa shape index (κ3) is 14.0. The first-order valence-electron chi connectivity index (χ1n) is 11.6. The summed E-state index contributed by atoms with van der Waals surface area (Å²) in [6.07, 6.45) is 5.63. The topological polar surface area (TPSA) is 50.2 Å². The van der Waals surface area contributed by atoms with Crippen LogP contribution in [0.1, 0.15) is 44.7 Å². The van der Waals surface area contributed by atoms with Crippen molar-refractivity contribution in [2.75, 3.05) is 32.1 Å². The van der Waals surface area contributed by atoms with E-state index in [0.29, 0.717) is 6.42 Å². The van der Waals surface area contributed by atoms with Gasteiger partial charge in [0.05, 0.1) is 11.7 Å². The molecule has 3 rings (SSSR count). The number of nitrogens with one attached hydrogen (secondary N) is 1. The molecule has 5 nitrogen and oxygen atoms in total. The molecule has 33 heavy (non-hydrogen) atoms. The van der Waals surface area contributed by atoms with Crippen molar-refractivity contribution in [1.82, 2.24) is 20.0 Å². The van der Waals surface area contributed by atoms with Crippen LogP contribution in [0, 0.1) is 0 Å². The molecule has 0 atom stereocenters. The maximum absolute atomic E-state index is 11.5. The van der Waals surface area contributed by atoms with E-state index in [4.69, 9.17) is 0 Å². The Morgan fingerprint density at radius 3 is 2.24 bits per heavy atom. The summed E-state index contributed by atoms with van der Waals surface area (Å²) >= 11 is 2.15. The Balaban J connectivity index is 0.000000531. The van der Waals surface area contributed by atoms with Crippen LogP contribution in [0.3, 0.4) is 0 Å². The predicted octanol–water partition coefficient (Wildman–Crippen LogP) is 5.90. The number of benzene rings is 2. The number of alkyl halides is 1. The zero-order valence-corrected chi connectivity index (χ0v) is 23.7. The highest BCUT2D eigenvalue weighted by Gasteiger charge is 2.01. The Labute approximate surface area is 215 Å². The number of amides is 1. The van der Waals surface area contributed by atoms with E-state index in [0.717, 1.165) is 25.9 Å². The van der Waals surface area contributed by atoms with Crippen molar-refractivity contribution in [2.45, 2.75) is 46.5 Å². The molecule has 1 aromatic heterocycles. The molecule has 0 saturated heterocycles. The van der Waals surface area contributed by atoms with Crippen LogP contribution in [0.4, 0.5) is 0 Å². The highest BCUT2D eigenvalue weighted by molar-refractivity contribution is 14.1. The lowest BCUT2D eigenvalue weighted by Gasteiger charge is -2.10. The van der Waals surface area contributed by atoms with Gasteiger partial charge in [0.2, 0.25) is 5.91 Å². The molecule has 0 spiro atoms. The second-order valence-electron chi connectivity index (χ2n) is 7.86. The van der Waals surface area contributed by atoms with Gasteiger partial charge < -0.3 is 10.2 Å². The van der Waals surface area contributed by atoms with Gasteiger partial charge in [-0.25, -0.2) is 0 Å². The Morgan fingerprint density at radius 2 is 1.67 bits per heavy atom. The van der Waals surface area contributed by atoms with Crippen LogP contribution in [-0.2, 0) is 24.7 Å². The Hall–Kier alpha value is -1.93. The molecule has 0 aliphatic carbocycles. The molecule has 0 bridgehead atoms. The van der Waals surface area contributed by atoms with Crippen molar-refractivity contribution < 1.29 is 4.79 Å². The van der Waals surface area contributed by atoms with E-state index < -0.39 is 0 Å². The smallest absolute Gasteiger partial charge is 0.220 e. The van der Waals surface area contributed by atoms with Crippen molar-refractivity contribution in [3.63, 3.8) is 0 Å². The molecule has 0 aliphatic heterocycles. The second-order valence-corrected chi connectivity index (χ2v) is 7.86. The number of aromatic nitrogens is 2. The fraction of sp³-hybridized carbons (Fsp3) is 0.481. The molecule has 6 heteroatoms. The zero-order chi connectivity index (χ0) is 25.1. The summed E-state index contributed by atoms with van der Waals surface area (Å²) in [6, 6.07) is 16.6. The van der Waals surface area contributed by atoms with Crippen LogP contribution in [0.15, 0.2) is 54.7 Å². The summed E-state index contributed by atoms with van der Waals surface area (Å²) in [4.78, 5) is 15.5. The van der Waals surface area contributed by atoms with E-state index in [1.54, 1.807) is 0 Å². The maximum atomic E-state index is 11.5. The summed E-state index contributed by atoms with van der Waals surface area (Å²) < 4.78 is 1.90. The molecular formula is C27H43IN4O. The van der Waals surface area contributed by atoms with Gasteiger partial charge in [-0.1, -0.05) is 86.2 Å². The molecule has 2 aromatic carbocycles. The lowest BCUT2D eigenvalue weighted by molar-refractivity contribution is -0.121. The SMILES string of the molecule is CCC.CCc1ccc2c(cnn2C)c1.CI.CN(C)CCNC(=O)CCc1ccccc1. The van der Waals surface area contributed by atoms with Gasteiger partial charge in [-0.3, -0.25) is 9.48 Å². The minimum Gasteiger partial charge on any atom is -0.355 e. The standard InChI is InChI=1S/C13H20N2O.C10H12N2.C3H8.CH3I/c1-15(2)11-10-14-13(16)9-8-12-6-4-3-5-7-12;1-3-8-4-5-10-9(6-8)7-11-12(10)2;1-3-2;1-2/h3-7H,8-11H2,1-2H3,(H,14,16);4-7H,3H2,1-2H3;3H2,1-2H3;1H3. The number of carbonyl (C=O) groups excluding carboxylic acids is 1. The molecule has 0 aliphatic rings. The number of rotatable bonds is 7. The first-order chi connectivity index (χ1) is 15.9. The minimum atomic E-state index is 0.130. The Bertz CT molecular complexity index is 878. The lowest BCUT2D eigenvalue weighted by Crippen LogP contribution is -2.31. The zero-order valence-electron chi connectivity index (χ0n) is 21.6. The number of carbonyl (C=O) groups is 1. The molecule has 0 fully saturated rings. The van der Waals surface area contributed by atoms with Crippen molar-refractivity contribution in [3.8, 4) is 0 Å². The number of hydrogen-bond donors (Lipinski definition) is 1. The van der Waals surface area contributed by atoms with E-state index in [-0.39, 0.29) is 5.91 Å². The van der Waals surface area contributed by atoms with Crippen molar-refractivity contribution in [1.29, 1.82) is 0 Å². The number of aryl methyl sites for hydroxylation is 3. The molecule has 1 heterocycles. The average molecular weight is 567 g/mol. The van der Waals surface area contributed by atoms with E-state index in [2.05, 4.69) is 76.9 Å². The summed E-state index contributed by atoms with van der Waals surface area (Å²) in [7, 11) is 5.96. The maximum Gasteiger partial charge on any atom is 0.220 e. The quantitative estimate of drug-likeness (QED) is 0.286. The molecular weight excluding hydrogens is 523 g/mol. The van der Waals surface area contributed by atoms with Crippen molar-refractivity contribution in [2.24, 2.45) is 7.05 Å². The van der Waals surface area contributed by atoms with Crippen LogP contribution < -0.4 is 5.32 Å². The number of fused-ring (bicyclic) bond motifs is 1.